The topological polar surface area (TPSA) is 245 Å². The normalized spacial score (nSPS) is 14.1. The van der Waals surface area contributed by atoms with E-state index < -0.39 is 70.8 Å². The van der Waals surface area contributed by atoms with E-state index in [1.54, 1.807) is 81.4 Å². The van der Waals surface area contributed by atoms with E-state index in [2.05, 4.69) is 43.7 Å². The zero-order valence-corrected chi connectivity index (χ0v) is 49.6. The molecule has 0 radical (unpaired) electrons. The number of carbonyl (C=O) groups is 8. The van der Waals surface area contributed by atoms with Crippen LogP contribution >= 0.6 is 0 Å². The van der Waals surface area contributed by atoms with Gasteiger partial charge in [0, 0.05) is 53.4 Å². The standard InChI is InChI=1S/C64H82N8O10/c1-39(2)51(35-41(5)61(79)80)71(13)60(78)56(63(7,8)9)70-59(77)55(65-12)64(10,11)47-24-20-25-49(36-47)68-62(81)82-38-43-29-33-48(34-30-43)67-57(75)42(6)66-58(76)54(40(3)4)69-52(73)27-18-19-28-53(74)72-37-46-23-15-14-21-44(46)31-32-45-22-16-17-26-50(45)72/h14-17,20-26,29-30,33-36,39-40,42,51,54-56,65H,18-19,27-28,37-38H2,1-13H3,(H,66,76)(H,67,75)(H,68,81)(H,69,73)(H,70,77)(H,79,80)/b41-35+/t42-,51+,54-,55?,56+/m0/s1. The van der Waals surface area contributed by atoms with Crippen LogP contribution in [0.15, 0.2) is 109 Å². The maximum atomic E-state index is 14.2. The predicted octanol–water partition coefficient (Wildman–Crippen LogP) is 8.44. The minimum Gasteiger partial charge on any atom is -0.478 e. The summed E-state index contributed by atoms with van der Waals surface area (Å²) in [4.78, 5) is 110. The molecular formula is C64H82N8O10. The Kier molecular flexibility index (Phi) is 22.7. The van der Waals surface area contributed by atoms with E-state index in [9.17, 15) is 43.5 Å². The summed E-state index contributed by atoms with van der Waals surface area (Å²) in [7, 11) is 3.26. The average molecular weight is 1120 g/mol. The highest BCUT2D eigenvalue weighted by atomic mass is 16.5. The van der Waals surface area contributed by atoms with E-state index in [0.717, 1.165) is 22.4 Å². The third-order valence-electron chi connectivity index (χ3n) is 14.6. The number of carbonyl (C=O) groups excluding carboxylic acids is 7. The maximum Gasteiger partial charge on any atom is 0.411 e. The number of ether oxygens (including phenoxy) is 1. The minimum absolute atomic E-state index is 0.0772. The first kappa shape index (κ1) is 64.5. The molecule has 4 aromatic rings. The number of hydrogen-bond donors (Lipinski definition) is 7. The summed E-state index contributed by atoms with van der Waals surface area (Å²) in [6, 6.07) is 24.7. The van der Waals surface area contributed by atoms with E-state index >= 15 is 0 Å². The second-order valence-corrected chi connectivity index (χ2v) is 23.2. The molecule has 0 aromatic heterocycles. The Labute approximate surface area is 483 Å². The van der Waals surface area contributed by atoms with Gasteiger partial charge in [-0.3, -0.25) is 34.1 Å². The van der Waals surface area contributed by atoms with E-state index in [1.165, 1.54) is 18.7 Å². The number of benzene rings is 4. The molecule has 82 heavy (non-hydrogen) atoms. The van der Waals surface area contributed by atoms with Gasteiger partial charge in [0.15, 0.2) is 0 Å². The Morgan fingerprint density at radius 1 is 0.707 bits per heavy atom. The molecule has 5 atom stereocenters. The van der Waals surface area contributed by atoms with Crippen LogP contribution in [0.2, 0.25) is 0 Å². The van der Waals surface area contributed by atoms with Gasteiger partial charge < -0.3 is 46.2 Å². The lowest BCUT2D eigenvalue weighted by atomic mass is 9.76. The zero-order valence-electron chi connectivity index (χ0n) is 49.6. The van der Waals surface area contributed by atoms with Crippen LogP contribution in [0.25, 0.3) is 0 Å². The maximum absolute atomic E-state index is 14.2. The second-order valence-electron chi connectivity index (χ2n) is 23.2. The molecule has 0 spiro atoms. The van der Waals surface area contributed by atoms with Crippen molar-refractivity contribution in [1.29, 1.82) is 0 Å². The molecule has 4 aromatic carbocycles. The summed E-state index contributed by atoms with van der Waals surface area (Å²) in [6.45, 7) is 20.0. The fourth-order valence-corrected chi connectivity index (χ4v) is 9.58. The summed E-state index contributed by atoms with van der Waals surface area (Å²) in [6.07, 6.45) is 2.03. The van der Waals surface area contributed by atoms with E-state index in [0.29, 0.717) is 41.9 Å². The van der Waals surface area contributed by atoms with Crippen LogP contribution in [0.4, 0.5) is 21.9 Å². The first-order valence-corrected chi connectivity index (χ1v) is 27.8. The number of unbranched alkanes of at least 4 members (excludes halogenated alkanes) is 1. The first-order chi connectivity index (χ1) is 38.6. The highest BCUT2D eigenvalue weighted by Crippen LogP contribution is 2.32. The molecule has 1 aliphatic rings. The fourth-order valence-electron chi connectivity index (χ4n) is 9.58. The molecule has 0 saturated carbocycles. The van der Waals surface area contributed by atoms with Gasteiger partial charge in [-0.1, -0.05) is 135 Å². The third kappa shape index (κ3) is 17.6. The molecule has 0 aliphatic carbocycles. The van der Waals surface area contributed by atoms with Crippen molar-refractivity contribution in [2.24, 2.45) is 17.3 Å². The number of fused-ring (bicyclic) bond motifs is 2. The Balaban J connectivity index is 1.08. The minimum atomic E-state index is -1.08. The largest absolute Gasteiger partial charge is 0.478 e. The lowest BCUT2D eigenvalue weighted by molar-refractivity contribution is -0.141. The van der Waals surface area contributed by atoms with Crippen LogP contribution in [0.1, 0.15) is 130 Å². The molecule has 18 nitrogen and oxygen atoms in total. The van der Waals surface area contributed by atoms with Crippen LogP contribution in [-0.2, 0) is 56.9 Å². The number of aliphatic carboxylic acids is 1. The van der Waals surface area contributed by atoms with Crippen molar-refractivity contribution in [2.75, 3.05) is 29.6 Å². The number of amides is 7. The van der Waals surface area contributed by atoms with Gasteiger partial charge in [-0.05, 0) is 110 Å². The van der Waals surface area contributed by atoms with Gasteiger partial charge in [-0.25, -0.2) is 9.59 Å². The molecular weight excluding hydrogens is 1040 g/mol. The Hall–Kier alpha value is -8.30. The van der Waals surface area contributed by atoms with Crippen molar-refractivity contribution in [3.05, 3.63) is 137 Å². The van der Waals surface area contributed by atoms with Gasteiger partial charge in [-0.2, -0.15) is 0 Å². The number of likely N-dealkylation sites (N-methyl/N-ethyl adjacent to an activating group) is 2. The molecule has 1 heterocycles. The Bertz CT molecular complexity index is 3060. The number of hydrogen-bond acceptors (Lipinski definition) is 10. The van der Waals surface area contributed by atoms with Crippen molar-refractivity contribution in [1.82, 2.24) is 26.2 Å². The lowest BCUT2D eigenvalue weighted by Crippen LogP contribution is -2.61. The van der Waals surface area contributed by atoms with Crippen LogP contribution in [0, 0.1) is 29.1 Å². The zero-order chi connectivity index (χ0) is 60.6. The second kappa shape index (κ2) is 28.9. The molecule has 7 N–H and O–H groups in total. The van der Waals surface area contributed by atoms with Gasteiger partial charge in [0.1, 0.15) is 24.7 Å². The van der Waals surface area contributed by atoms with E-state index in [4.69, 9.17) is 4.74 Å². The van der Waals surface area contributed by atoms with Crippen LogP contribution in [0.5, 0.6) is 0 Å². The summed E-state index contributed by atoms with van der Waals surface area (Å²) in [5, 5.41) is 26.7. The lowest BCUT2D eigenvalue weighted by Gasteiger charge is -2.40. The number of nitrogens with zero attached hydrogens (tertiary/aromatic N) is 2. The summed E-state index contributed by atoms with van der Waals surface area (Å²) in [5.41, 5.74) is 4.01. The monoisotopic (exact) mass is 1120 g/mol. The van der Waals surface area contributed by atoms with E-state index in [-0.39, 0.29) is 54.6 Å². The van der Waals surface area contributed by atoms with Gasteiger partial charge in [0.2, 0.25) is 35.4 Å². The van der Waals surface area contributed by atoms with Crippen molar-refractivity contribution in [3.63, 3.8) is 0 Å². The molecule has 0 saturated heterocycles. The van der Waals surface area contributed by atoms with Crippen LogP contribution in [-0.4, -0.2) is 102 Å². The Morgan fingerprint density at radius 2 is 1.34 bits per heavy atom. The number of carboxylic acid groups (broad SMARTS) is 1. The average Bonchev–Trinajstić information content (AvgIpc) is 3.49. The van der Waals surface area contributed by atoms with Crippen molar-refractivity contribution >= 4 is 64.6 Å². The number of nitrogens with one attached hydrogen (secondary N) is 6. The molecule has 0 fully saturated rings. The van der Waals surface area contributed by atoms with Crippen molar-refractivity contribution in [3.8, 4) is 11.8 Å². The quantitative estimate of drug-likeness (QED) is 0.0199. The molecule has 7 amide bonds. The van der Waals surface area contributed by atoms with Gasteiger partial charge >= 0.3 is 12.1 Å². The van der Waals surface area contributed by atoms with Crippen LogP contribution in [0.3, 0.4) is 0 Å². The van der Waals surface area contributed by atoms with Gasteiger partial charge in [0.25, 0.3) is 0 Å². The van der Waals surface area contributed by atoms with Crippen molar-refractivity contribution in [2.45, 2.75) is 151 Å². The molecule has 1 unspecified atom stereocenters. The van der Waals surface area contributed by atoms with Gasteiger partial charge in [0.05, 0.1) is 24.3 Å². The van der Waals surface area contributed by atoms with Gasteiger partial charge in [-0.15, -0.1) is 0 Å². The molecule has 438 valence electrons. The molecule has 18 heteroatoms. The SMILES string of the molecule is CNC(C(=O)N[C@H](C(=O)N(C)[C@H](/C=C(\C)C(=O)O)C(C)C)C(C)(C)C)C(C)(C)c1cccc(NC(=O)OCc2ccc(NC(=O)[C@H](C)NC(=O)[C@@H](NC(=O)CCCCC(=O)N3Cc4ccccc4C#Cc4ccccc43)C(C)C)cc2)c1. The number of carboxylic acids is 1. The Morgan fingerprint density at radius 3 is 1.98 bits per heavy atom. The van der Waals surface area contributed by atoms with Crippen molar-refractivity contribution < 1.29 is 48.2 Å². The third-order valence-corrected chi connectivity index (χ3v) is 14.6. The first-order valence-electron chi connectivity index (χ1n) is 27.8. The van der Waals surface area contributed by atoms with Crippen LogP contribution < -0.4 is 36.8 Å². The fraction of sp³-hybridized carbons (Fsp3) is 0.438. The molecule has 5 rings (SSSR count). The summed E-state index contributed by atoms with van der Waals surface area (Å²) >= 11 is 0. The summed E-state index contributed by atoms with van der Waals surface area (Å²) in [5.74, 6) is 2.71. The number of anilines is 3. The highest BCUT2D eigenvalue weighted by molar-refractivity contribution is 5.99. The smallest absolute Gasteiger partial charge is 0.411 e. The highest BCUT2D eigenvalue weighted by Gasteiger charge is 2.42. The predicted molar refractivity (Wildman–Crippen MR) is 318 cm³/mol. The number of rotatable bonds is 24. The van der Waals surface area contributed by atoms with E-state index in [1.807, 2.05) is 103 Å². The summed E-state index contributed by atoms with van der Waals surface area (Å²) < 4.78 is 5.53. The number of para-hydroxylation sites is 1. The molecule has 0 bridgehead atoms. The molecule has 1 aliphatic heterocycles.